The van der Waals surface area contributed by atoms with E-state index in [1.165, 1.54) is 25.7 Å². The molecule has 3 heteroatoms. The molecule has 1 saturated heterocycles. The molecule has 1 heterocycles. The number of hydrogen-bond donors (Lipinski definition) is 1. The summed E-state index contributed by atoms with van der Waals surface area (Å²) in [5.74, 6) is 0.698. The smallest absolute Gasteiger partial charge is 0.223 e. The maximum Gasteiger partial charge on any atom is 0.223 e. The molecule has 1 fully saturated rings. The SMILES string of the molecule is CCCCCCC(C)N1CC(CN)CC1=O. The van der Waals surface area contributed by atoms with Crippen molar-refractivity contribution in [3.63, 3.8) is 0 Å². The zero-order chi connectivity index (χ0) is 12.0. The molecule has 0 aromatic carbocycles. The van der Waals surface area contributed by atoms with Crippen LogP contribution in [-0.2, 0) is 4.79 Å². The molecule has 1 rings (SSSR count). The normalized spacial score (nSPS) is 22.8. The van der Waals surface area contributed by atoms with Crippen LogP contribution in [0, 0.1) is 5.92 Å². The monoisotopic (exact) mass is 226 g/mol. The summed E-state index contributed by atoms with van der Waals surface area (Å²) in [5, 5.41) is 0. The van der Waals surface area contributed by atoms with Crippen LogP contribution in [0.1, 0.15) is 52.4 Å². The zero-order valence-electron chi connectivity index (χ0n) is 10.7. The minimum atomic E-state index is 0.304. The van der Waals surface area contributed by atoms with Crippen LogP contribution in [0.3, 0.4) is 0 Å². The molecule has 0 aromatic heterocycles. The Morgan fingerprint density at radius 2 is 2.19 bits per heavy atom. The van der Waals surface area contributed by atoms with Crippen LogP contribution < -0.4 is 5.73 Å². The lowest BCUT2D eigenvalue weighted by Gasteiger charge is -2.24. The average molecular weight is 226 g/mol. The van der Waals surface area contributed by atoms with Gasteiger partial charge in [-0.25, -0.2) is 0 Å². The Hall–Kier alpha value is -0.570. The van der Waals surface area contributed by atoms with Gasteiger partial charge in [-0.15, -0.1) is 0 Å². The van der Waals surface area contributed by atoms with Crippen LogP contribution >= 0.6 is 0 Å². The summed E-state index contributed by atoms with van der Waals surface area (Å²) in [7, 11) is 0. The van der Waals surface area contributed by atoms with E-state index in [0.29, 0.717) is 30.8 Å². The first-order valence-electron chi connectivity index (χ1n) is 6.68. The van der Waals surface area contributed by atoms with Gasteiger partial charge in [0.15, 0.2) is 0 Å². The van der Waals surface area contributed by atoms with Gasteiger partial charge < -0.3 is 10.6 Å². The number of carbonyl (C=O) groups excluding carboxylic acids is 1. The Balaban J connectivity index is 2.25. The molecule has 0 spiro atoms. The topological polar surface area (TPSA) is 46.3 Å². The van der Waals surface area contributed by atoms with Crippen molar-refractivity contribution < 1.29 is 4.79 Å². The molecule has 1 amide bonds. The van der Waals surface area contributed by atoms with Crippen LogP contribution in [0.4, 0.5) is 0 Å². The zero-order valence-corrected chi connectivity index (χ0v) is 10.7. The van der Waals surface area contributed by atoms with Crippen LogP contribution in [-0.4, -0.2) is 29.9 Å². The molecule has 2 unspecified atom stereocenters. The van der Waals surface area contributed by atoms with E-state index in [2.05, 4.69) is 13.8 Å². The summed E-state index contributed by atoms with van der Waals surface area (Å²) < 4.78 is 0. The minimum absolute atomic E-state index is 0.304. The lowest BCUT2D eigenvalue weighted by Crippen LogP contribution is -2.34. The van der Waals surface area contributed by atoms with E-state index in [0.717, 1.165) is 13.0 Å². The molecule has 1 aliphatic rings. The number of likely N-dealkylation sites (tertiary alicyclic amines) is 1. The van der Waals surface area contributed by atoms with Gasteiger partial charge in [-0.1, -0.05) is 32.6 Å². The summed E-state index contributed by atoms with van der Waals surface area (Å²) in [6, 6.07) is 0.404. The first-order chi connectivity index (χ1) is 7.69. The van der Waals surface area contributed by atoms with E-state index in [4.69, 9.17) is 5.73 Å². The van der Waals surface area contributed by atoms with Gasteiger partial charge in [-0.2, -0.15) is 0 Å². The average Bonchev–Trinajstić information content (AvgIpc) is 2.66. The maximum absolute atomic E-state index is 11.7. The summed E-state index contributed by atoms with van der Waals surface area (Å²) >= 11 is 0. The number of nitrogens with two attached hydrogens (primary N) is 1. The van der Waals surface area contributed by atoms with Crippen molar-refractivity contribution in [2.45, 2.75) is 58.4 Å². The second-order valence-corrected chi connectivity index (χ2v) is 5.05. The highest BCUT2D eigenvalue weighted by Crippen LogP contribution is 2.21. The fourth-order valence-corrected chi connectivity index (χ4v) is 2.41. The fourth-order valence-electron chi connectivity index (χ4n) is 2.41. The largest absolute Gasteiger partial charge is 0.340 e. The predicted octanol–water partition coefficient (Wildman–Crippen LogP) is 2.15. The van der Waals surface area contributed by atoms with Crippen molar-refractivity contribution in [2.75, 3.05) is 13.1 Å². The molecule has 1 aliphatic heterocycles. The van der Waals surface area contributed by atoms with Gasteiger partial charge in [-0.05, 0) is 25.8 Å². The summed E-state index contributed by atoms with van der Waals surface area (Å²) in [6.45, 7) is 5.91. The molecule has 16 heavy (non-hydrogen) atoms. The third-order valence-electron chi connectivity index (χ3n) is 3.58. The molecule has 0 saturated carbocycles. The van der Waals surface area contributed by atoms with Crippen molar-refractivity contribution >= 4 is 5.91 Å². The second kappa shape index (κ2) is 6.89. The second-order valence-electron chi connectivity index (χ2n) is 5.05. The standard InChI is InChI=1S/C13H26N2O/c1-3-4-5-6-7-11(2)15-10-12(9-14)8-13(15)16/h11-12H,3-10,14H2,1-2H3. The van der Waals surface area contributed by atoms with Crippen molar-refractivity contribution in [1.82, 2.24) is 4.90 Å². The minimum Gasteiger partial charge on any atom is -0.340 e. The third kappa shape index (κ3) is 3.78. The first kappa shape index (κ1) is 13.5. The van der Waals surface area contributed by atoms with E-state index < -0.39 is 0 Å². The van der Waals surface area contributed by atoms with E-state index in [1.807, 2.05) is 4.90 Å². The Kier molecular flexibility index (Phi) is 5.81. The van der Waals surface area contributed by atoms with Gasteiger partial charge in [0.25, 0.3) is 0 Å². The van der Waals surface area contributed by atoms with E-state index in [9.17, 15) is 4.79 Å². The molecule has 94 valence electrons. The third-order valence-corrected chi connectivity index (χ3v) is 3.58. The number of amides is 1. The highest BCUT2D eigenvalue weighted by atomic mass is 16.2. The molecule has 0 aliphatic carbocycles. The van der Waals surface area contributed by atoms with Gasteiger partial charge >= 0.3 is 0 Å². The number of unbranched alkanes of at least 4 members (excludes halogenated alkanes) is 3. The molecular weight excluding hydrogens is 200 g/mol. The van der Waals surface area contributed by atoms with Crippen LogP contribution in [0.15, 0.2) is 0 Å². The lowest BCUT2D eigenvalue weighted by molar-refractivity contribution is -0.129. The molecule has 3 nitrogen and oxygen atoms in total. The highest BCUT2D eigenvalue weighted by molar-refractivity contribution is 5.79. The van der Waals surface area contributed by atoms with Gasteiger partial charge in [0.2, 0.25) is 5.91 Å². The summed E-state index contributed by atoms with van der Waals surface area (Å²) in [4.78, 5) is 13.8. The van der Waals surface area contributed by atoms with E-state index in [1.54, 1.807) is 0 Å². The number of hydrogen-bond acceptors (Lipinski definition) is 2. The van der Waals surface area contributed by atoms with Gasteiger partial charge in [-0.3, -0.25) is 4.79 Å². The van der Waals surface area contributed by atoms with Crippen LogP contribution in [0.25, 0.3) is 0 Å². The Labute approximate surface area is 99.4 Å². The summed E-state index contributed by atoms with van der Waals surface area (Å²) in [6.07, 6.45) is 6.92. The van der Waals surface area contributed by atoms with Crippen molar-refractivity contribution in [3.05, 3.63) is 0 Å². The molecule has 2 atom stereocenters. The molecule has 0 radical (unpaired) electrons. The molecule has 0 aromatic rings. The predicted molar refractivity (Wildman–Crippen MR) is 67.1 cm³/mol. The first-order valence-corrected chi connectivity index (χ1v) is 6.68. The Morgan fingerprint density at radius 1 is 1.44 bits per heavy atom. The Morgan fingerprint density at radius 3 is 2.75 bits per heavy atom. The molecular formula is C13H26N2O. The fraction of sp³-hybridized carbons (Fsp3) is 0.923. The van der Waals surface area contributed by atoms with Crippen molar-refractivity contribution in [1.29, 1.82) is 0 Å². The molecule has 2 N–H and O–H groups in total. The Bertz CT molecular complexity index is 218. The molecule has 0 bridgehead atoms. The number of rotatable bonds is 7. The van der Waals surface area contributed by atoms with E-state index in [-0.39, 0.29) is 0 Å². The van der Waals surface area contributed by atoms with Crippen molar-refractivity contribution in [2.24, 2.45) is 11.7 Å². The van der Waals surface area contributed by atoms with E-state index >= 15 is 0 Å². The lowest BCUT2D eigenvalue weighted by atomic mass is 10.1. The summed E-state index contributed by atoms with van der Waals surface area (Å²) in [5.41, 5.74) is 5.62. The highest BCUT2D eigenvalue weighted by Gasteiger charge is 2.31. The quantitative estimate of drug-likeness (QED) is 0.676. The van der Waals surface area contributed by atoms with Crippen LogP contribution in [0.5, 0.6) is 0 Å². The van der Waals surface area contributed by atoms with Gasteiger partial charge in [0.05, 0.1) is 0 Å². The van der Waals surface area contributed by atoms with Crippen molar-refractivity contribution in [3.8, 4) is 0 Å². The number of nitrogens with zero attached hydrogens (tertiary/aromatic N) is 1. The van der Waals surface area contributed by atoms with Gasteiger partial charge in [0, 0.05) is 19.0 Å². The maximum atomic E-state index is 11.7. The van der Waals surface area contributed by atoms with Gasteiger partial charge in [0.1, 0.15) is 0 Å². The van der Waals surface area contributed by atoms with Crippen LogP contribution in [0.2, 0.25) is 0 Å². The number of carbonyl (C=O) groups is 1.